The number of hydrogen-bond donors (Lipinski definition) is 1. The van der Waals surface area contributed by atoms with Gasteiger partial charge in [0.1, 0.15) is 0 Å². The van der Waals surface area contributed by atoms with Crippen LogP contribution in [0.3, 0.4) is 0 Å². The molecular formula is C26H39NO. The molecule has 0 saturated carbocycles. The van der Waals surface area contributed by atoms with E-state index in [-0.39, 0.29) is 12.0 Å². The molecule has 0 unspecified atom stereocenters. The summed E-state index contributed by atoms with van der Waals surface area (Å²) in [5.41, 5.74) is 8.45. The highest BCUT2D eigenvalue weighted by Crippen LogP contribution is 2.37. The van der Waals surface area contributed by atoms with Crippen LogP contribution in [0.2, 0.25) is 0 Å². The van der Waals surface area contributed by atoms with Crippen LogP contribution < -0.4 is 0 Å². The summed E-state index contributed by atoms with van der Waals surface area (Å²) in [6.07, 6.45) is 2.83. The van der Waals surface area contributed by atoms with Gasteiger partial charge in [-0.05, 0) is 60.1 Å². The Morgan fingerprint density at radius 2 is 1.36 bits per heavy atom. The molecule has 1 heterocycles. The summed E-state index contributed by atoms with van der Waals surface area (Å²) in [6, 6.07) is 8.74. The van der Waals surface area contributed by atoms with Crippen LogP contribution in [-0.4, -0.2) is 10.1 Å². The predicted molar refractivity (Wildman–Crippen MR) is 121 cm³/mol. The maximum atomic E-state index is 10.4. The summed E-state index contributed by atoms with van der Waals surface area (Å²) in [7, 11) is 0. The molecule has 1 N–H and O–H groups in total. The third-order valence-electron chi connectivity index (χ3n) is 4.98. The van der Waals surface area contributed by atoms with Gasteiger partial charge in [-0.1, -0.05) is 78.3 Å². The molecule has 0 bridgehead atoms. The maximum Gasteiger partial charge on any atom is 0.0705 e. The highest BCUT2D eigenvalue weighted by atomic mass is 16.3. The van der Waals surface area contributed by atoms with E-state index < -0.39 is 0 Å². The standard InChI is InChI=1S/C26H39NO/c1-17(2)13-23-21(15-26(6,7)8)25(20-11-9-19(5)10-12-20)22(16-28)24(27-23)14-18(3)4/h9-12,17-18,28H,13-16H2,1-8H3. The molecule has 0 aliphatic carbocycles. The number of aliphatic hydroxyl groups excluding tert-OH is 1. The molecule has 2 rings (SSSR count). The van der Waals surface area contributed by atoms with Crippen molar-refractivity contribution in [2.45, 2.75) is 81.3 Å². The molecule has 1 aromatic heterocycles. The number of pyridine rings is 1. The number of aromatic nitrogens is 1. The molecule has 1 aromatic carbocycles. The van der Waals surface area contributed by atoms with Gasteiger partial charge in [-0.25, -0.2) is 0 Å². The number of rotatable bonds is 7. The Balaban J connectivity index is 2.85. The molecule has 0 aliphatic heterocycles. The lowest BCUT2D eigenvalue weighted by Crippen LogP contribution is -2.18. The normalized spacial score (nSPS) is 12.2. The zero-order chi connectivity index (χ0) is 21.1. The first-order valence-corrected chi connectivity index (χ1v) is 10.7. The minimum absolute atomic E-state index is 0.0391. The second kappa shape index (κ2) is 9.22. The third kappa shape index (κ3) is 5.91. The Hall–Kier alpha value is -1.67. The van der Waals surface area contributed by atoms with E-state index in [0.29, 0.717) is 11.8 Å². The third-order valence-corrected chi connectivity index (χ3v) is 4.98. The fraction of sp³-hybridized carbons (Fsp3) is 0.577. The van der Waals surface area contributed by atoms with E-state index in [2.05, 4.69) is 79.7 Å². The molecule has 28 heavy (non-hydrogen) atoms. The summed E-state index contributed by atoms with van der Waals surface area (Å²) in [6.45, 7) is 18.0. The monoisotopic (exact) mass is 381 g/mol. The van der Waals surface area contributed by atoms with E-state index >= 15 is 0 Å². The van der Waals surface area contributed by atoms with E-state index in [0.717, 1.165) is 30.5 Å². The van der Waals surface area contributed by atoms with Crippen LogP contribution in [0.1, 0.15) is 76.5 Å². The SMILES string of the molecule is Cc1ccc(-c2c(CO)c(CC(C)C)nc(CC(C)C)c2CC(C)(C)C)cc1. The molecule has 2 aromatic rings. The van der Waals surface area contributed by atoms with Gasteiger partial charge in [-0.2, -0.15) is 0 Å². The average molecular weight is 382 g/mol. The Kier molecular flexibility index (Phi) is 7.45. The minimum atomic E-state index is 0.0391. The molecule has 0 fully saturated rings. The Bertz CT molecular complexity index is 780. The highest BCUT2D eigenvalue weighted by molar-refractivity contribution is 5.73. The van der Waals surface area contributed by atoms with Crippen molar-refractivity contribution in [1.29, 1.82) is 0 Å². The van der Waals surface area contributed by atoms with E-state index in [1.54, 1.807) is 0 Å². The number of aliphatic hydroxyl groups is 1. The Morgan fingerprint density at radius 3 is 1.79 bits per heavy atom. The van der Waals surface area contributed by atoms with Crippen molar-refractivity contribution in [3.63, 3.8) is 0 Å². The average Bonchev–Trinajstić information content (AvgIpc) is 2.55. The van der Waals surface area contributed by atoms with Crippen LogP contribution in [0.4, 0.5) is 0 Å². The van der Waals surface area contributed by atoms with E-state index in [1.807, 2.05) is 0 Å². The van der Waals surface area contributed by atoms with Gasteiger partial charge in [0.25, 0.3) is 0 Å². The molecule has 0 radical (unpaired) electrons. The maximum absolute atomic E-state index is 10.4. The number of aryl methyl sites for hydroxylation is 1. The van der Waals surface area contributed by atoms with Gasteiger partial charge >= 0.3 is 0 Å². The molecule has 0 aliphatic rings. The van der Waals surface area contributed by atoms with E-state index in [9.17, 15) is 5.11 Å². The summed E-state index contributed by atoms with van der Waals surface area (Å²) >= 11 is 0. The molecule has 0 spiro atoms. The van der Waals surface area contributed by atoms with Crippen molar-refractivity contribution in [3.05, 3.63) is 52.3 Å². The van der Waals surface area contributed by atoms with E-state index in [1.165, 1.54) is 27.9 Å². The highest BCUT2D eigenvalue weighted by Gasteiger charge is 2.24. The number of hydrogen-bond acceptors (Lipinski definition) is 2. The molecule has 0 saturated heterocycles. The summed E-state index contributed by atoms with van der Waals surface area (Å²) < 4.78 is 0. The number of benzene rings is 1. The van der Waals surface area contributed by atoms with Gasteiger partial charge in [0.05, 0.1) is 6.61 Å². The quantitative estimate of drug-likeness (QED) is 0.591. The summed E-state index contributed by atoms with van der Waals surface area (Å²) in [5.74, 6) is 1.05. The van der Waals surface area contributed by atoms with Gasteiger partial charge in [-0.3, -0.25) is 4.98 Å². The molecule has 2 heteroatoms. The van der Waals surface area contributed by atoms with Gasteiger partial charge in [0.15, 0.2) is 0 Å². The first-order chi connectivity index (χ1) is 13.0. The minimum Gasteiger partial charge on any atom is -0.392 e. The van der Waals surface area contributed by atoms with Gasteiger partial charge in [-0.15, -0.1) is 0 Å². The lowest BCUT2D eigenvalue weighted by atomic mass is 9.80. The molecule has 2 nitrogen and oxygen atoms in total. The lowest BCUT2D eigenvalue weighted by molar-refractivity contribution is 0.279. The second-order valence-electron chi connectivity index (χ2n) is 10.3. The number of nitrogens with zero attached hydrogens (tertiary/aromatic N) is 1. The zero-order valence-corrected chi connectivity index (χ0v) is 19.2. The van der Waals surface area contributed by atoms with Crippen LogP contribution in [0.25, 0.3) is 11.1 Å². The fourth-order valence-corrected chi connectivity index (χ4v) is 3.84. The first-order valence-electron chi connectivity index (χ1n) is 10.7. The second-order valence-corrected chi connectivity index (χ2v) is 10.3. The summed E-state index contributed by atoms with van der Waals surface area (Å²) in [4.78, 5) is 5.15. The van der Waals surface area contributed by atoms with Gasteiger partial charge < -0.3 is 5.11 Å². The Labute approximate surface area is 172 Å². The van der Waals surface area contributed by atoms with Crippen molar-refractivity contribution in [1.82, 2.24) is 4.98 Å². The molecular weight excluding hydrogens is 342 g/mol. The van der Waals surface area contributed by atoms with Crippen LogP contribution in [0.15, 0.2) is 24.3 Å². The summed E-state index contributed by atoms with van der Waals surface area (Å²) in [5, 5.41) is 10.4. The van der Waals surface area contributed by atoms with Crippen LogP contribution in [-0.2, 0) is 25.9 Å². The van der Waals surface area contributed by atoms with Gasteiger partial charge in [0.2, 0.25) is 0 Å². The van der Waals surface area contributed by atoms with Crippen LogP contribution in [0.5, 0.6) is 0 Å². The van der Waals surface area contributed by atoms with Crippen molar-refractivity contribution in [2.24, 2.45) is 17.3 Å². The van der Waals surface area contributed by atoms with Crippen molar-refractivity contribution in [3.8, 4) is 11.1 Å². The first kappa shape index (κ1) is 22.6. The largest absolute Gasteiger partial charge is 0.392 e. The van der Waals surface area contributed by atoms with E-state index in [4.69, 9.17) is 4.98 Å². The van der Waals surface area contributed by atoms with Crippen LogP contribution >= 0.6 is 0 Å². The van der Waals surface area contributed by atoms with Gasteiger partial charge in [0, 0.05) is 17.0 Å². The Morgan fingerprint density at radius 1 is 0.857 bits per heavy atom. The van der Waals surface area contributed by atoms with Crippen molar-refractivity contribution in [2.75, 3.05) is 0 Å². The zero-order valence-electron chi connectivity index (χ0n) is 19.2. The van der Waals surface area contributed by atoms with Crippen molar-refractivity contribution < 1.29 is 5.11 Å². The smallest absolute Gasteiger partial charge is 0.0705 e. The molecule has 154 valence electrons. The van der Waals surface area contributed by atoms with Crippen LogP contribution in [0, 0.1) is 24.2 Å². The lowest BCUT2D eigenvalue weighted by Gasteiger charge is -2.27. The molecule has 0 amide bonds. The predicted octanol–water partition coefficient (Wildman–Crippen LogP) is 6.53. The van der Waals surface area contributed by atoms with Crippen molar-refractivity contribution >= 4 is 0 Å². The topological polar surface area (TPSA) is 33.1 Å². The molecule has 0 atom stereocenters. The fourth-order valence-electron chi connectivity index (χ4n) is 3.84.